The summed E-state index contributed by atoms with van der Waals surface area (Å²) >= 11 is 0. The largest absolute Gasteiger partial charge is 0.305 e. The van der Waals surface area contributed by atoms with Gasteiger partial charge in [-0.1, -0.05) is 24.3 Å². The summed E-state index contributed by atoms with van der Waals surface area (Å²) in [5.41, 5.74) is 3.44. The lowest BCUT2D eigenvalue weighted by atomic mass is 10.1. The zero-order valence-electron chi connectivity index (χ0n) is 12.8. The van der Waals surface area contributed by atoms with Gasteiger partial charge in [-0.3, -0.25) is 4.98 Å². The van der Waals surface area contributed by atoms with Crippen LogP contribution in [0.15, 0.2) is 42.6 Å². The molecule has 1 unspecified atom stereocenters. The van der Waals surface area contributed by atoms with Crippen LogP contribution in [-0.2, 0) is 13.1 Å². The van der Waals surface area contributed by atoms with Gasteiger partial charge >= 0.3 is 0 Å². The van der Waals surface area contributed by atoms with Crippen LogP contribution in [-0.4, -0.2) is 24.0 Å². The van der Waals surface area contributed by atoms with E-state index in [-0.39, 0.29) is 11.9 Å². The van der Waals surface area contributed by atoms with Crippen molar-refractivity contribution in [2.24, 2.45) is 0 Å². The summed E-state index contributed by atoms with van der Waals surface area (Å²) in [6.07, 6.45) is 1.26. The van der Waals surface area contributed by atoms with E-state index in [1.165, 1.54) is 23.4 Å². The van der Waals surface area contributed by atoms with Gasteiger partial charge in [0.05, 0.1) is 11.9 Å². The fourth-order valence-electron chi connectivity index (χ4n) is 2.24. The number of hydrogen-bond acceptors (Lipinski definition) is 3. The summed E-state index contributed by atoms with van der Waals surface area (Å²) in [6.45, 7) is 3.72. The SMILES string of the molecule is CC(NCc1ccccc1CN(C)C)c1ccc(F)cn1. The molecule has 2 rings (SSSR count). The lowest BCUT2D eigenvalue weighted by Gasteiger charge is -2.17. The van der Waals surface area contributed by atoms with Crippen LogP contribution in [0, 0.1) is 5.82 Å². The zero-order chi connectivity index (χ0) is 15.2. The number of nitrogens with one attached hydrogen (secondary N) is 1. The van der Waals surface area contributed by atoms with Gasteiger partial charge in [0, 0.05) is 19.1 Å². The molecule has 1 N–H and O–H groups in total. The first kappa shape index (κ1) is 15.6. The molecule has 0 radical (unpaired) electrons. The molecule has 0 aliphatic heterocycles. The smallest absolute Gasteiger partial charge is 0.141 e. The van der Waals surface area contributed by atoms with Gasteiger partial charge in [0.1, 0.15) is 5.82 Å². The van der Waals surface area contributed by atoms with E-state index in [0.717, 1.165) is 18.8 Å². The molecule has 0 fully saturated rings. The summed E-state index contributed by atoms with van der Waals surface area (Å²) in [4.78, 5) is 6.27. The predicted molar refractivity (Wildman–Crippen MR) is 83.3 cm³/mol. The average molecular weight is 287 g/mol. The topological polar surface area (TPSA) is 28.2 Å². The molecule has 0 spiro atoms. The maximum Gasteiger partial charge on any atom is 0.141 e. The molecule has 112 valence electrons. The third-order valence-corrected chi connectivity index (χ3v) is 3.40. The van der Waals surface area contributed by atoms with Crippen molar-refractivity contribution in [3.05, 3.63) is 65.2 Å². The molecule has 0 saturated carbocycles. The van der Waals surface area contributed by atoms with E-state index in [0.29, 0.717) is 0 Å². The first-order valence-corrected chi connectivity index (χ1v) is 7.12. The van der Waals surface area contributed by atoms with Gasteiger partial charge in [0.2, 0.25) is 0 Å². The molecule has 21 heavy (non-hydrogen) atoms. The Balaban J connectivity index is 2.01. The van der Waals surface area contributed by atoms with E-state index in [1.54, 1.807) is 6.07 Å². The second-order valence-electron chi connectivity index (χ2n) is 5.51. The van der Waals surface area contributed by atoms with Crippen molar-refractivity contribution in [1.29, 1.82) is 0 Å². The third-order valence-electron chi connectivity index (χ3n) is 3.40. The van der Waals surface area contributed by atoms with Crippen molar-refractivity contribution in [3.63, 3.8) is 0 Å². The van der Waals surface area contributed by atoms with Crippen LogP contribution in [0.5, 0.6) is 0 Å². The monoisotopic (exact) mass is 287 g/mol. The highest BCUT2D eigenvalue weighted by molar-refractivity contribution is 5.27. The van der Waals surface area contributed by atoms with Crippen LogP contribution >= 0.6 is 0 Å². The summed E-state index contributed by atoms with van der Waals surface area (Å²) < 4.78 is 12.9. The van der Waals surface area contributed by atoms with E-state index in [4.69, 9.17) is 0 Å². The van der Waals surface area contributed by atoms with Crippen molar-refractivity contribution in [1.82, 2.24) is 15.2 Å². The zero-order valence-corrected chi connectivity index (χ0v) is 12.8. The van der Waals surface area contributed by atoms with Gasteiger partial charge in [0.15, 0.2) is 0 Å². The lowest BCUT2D eigenvalue weighted by molar-refractivity contribution is 0.399. The van der Waals surface area contributed by atoms with E-state index in [2.05, 4.69) is 53.6 Å². The number of benzene rings is 1. The third kappa shape index (κ3) is 4.62. The van der Waals surface area contributed by atoms with Crippen LogP contribution in [0.2, 0.25) is 0 Å². The molecular weight excluding hydrogens is 265 g/mol. The molecule has 0 aliphatic rings. The Hall–Kier alpha value is -1.78. The quantitative estimate of drug-likeness (QED) is 0.884. The average Bonchev–Trinajstić information content (AvgIpc) is 2.46. The molecule has 0 aliphatic carbocycles. The van der Waals surface area contributed by atoms with Crippen molar-refractivity contribution >= 4 is 0 Å². The number of rotatable bonds is 6. The Bertz CT molecular complexity index is 567. The van der Waals surface area contributed by atoms with Crippen molar-refractivity contribution in [2.45, 2.75) is 26.1 Å². The maximum absolute atomic E-state index is 12.9. The fraction of sp³-hybridized carbons (Fsp3) is 0.353. The molecular formula is C17H22FN3. The van der Waals surface area contributed by atoms with Gasteiger partial charge in [0.25, 0.3) is 0 Å². The number of aromatic nitrogens is 1. The first-order valence-electron chi connectivity index (χ1n) is 7.12. The first-order chi connectivity index (χ1) is 10.1. The predicted octanol–water partition coefficient (Wildman–Crippen LogP) is 3.13. The highest BCUT2D eigenvalue weighted by atomic mass is 19.1. The highest BCUT2D eigenvalue weighted by Gasteiger charge is 2.08. The molecule has 1 heterocycles. The van der Waals surface area contributed by atoms with Gasteiger partial charge in [-0.25, -0.2) is 4.39 Å². The van der Waals surface area contributed by atoms with Crippen molar-refractivity contribution in [2.75, 3.05) is 14.1 Å². The lowest BCUT2D eigenvalue weighted by Crippen LogP contribution is -2.21. The molecule has 4 heteroatoms. The number of nitrogens with zero attached hydrogens (tertiary/aromatic N) is 2. The Morgan fingerprint density at radius 3 is 2.48 bits per heavy atom. The van der Waals surface area contributed by atoms with Crippen LogP contribution in [0.3, 0.4) is 0 Å². The van der Waals surface area contributed by atoms with Crippen LogP contribution in [0.1, 0.15) is 29.8 Å². The minimum Gasteiger partial charge on any atom is -0.305 e. The second kappa shape index (κ2) is 7.29. The summed E-state index contributed by atoms with van der Waals surface area (Å²) in [5, 5.41) is 3.44. The summed E-state index contributed by atoms with van der Waals surface area (Å²) in [5.74, 6) is -0.303. The van der Waals surface area contributed by atoms with Gasteiger partial charge in [-0.15, -0.1) is 0 Å². The standard InChI is InChI=1S/C17H22FN3/c1-13(17-9-8-16(18)11-20-17)19-10-14-6-4-5-7-15(14)12-21(2)3/h4-9,11,13,19H,10,12H2,1-3H3. The molecule has 0 amide bonds. The Morgan fingerprint density at radius 1 is 1.14 bits per heavy atom. The minimum atomic E-state index is -0.303. The van der Waals surface area contributed by atoms with Crippen molar-refractivity contribution < 1.29 is 4.39 Å². The maximum atomic E-state index is 12.9. The van der Waals surface area contributed by atoms with E-state index < -0.39 is 0 Å². The molecule has 0 saturated heterocycles. The van der Waals surface area contributed by atoms with Gasteiger partial charge < -0.3 is 10.2 Å². The molecule has 0 bridgehead atoms. The molecule has 1 aromatic heterocycles. The Morgan fingerprint density at radius 2 is 1.86 bits per heavy atom. The van der Waals surface area contributed by atoms with Gasteiger partial charge in [-0.05, 0) is 44.3 Å². The van der Waals surface area contributed by atoms with Crippen LogP contribution in [0.4, 0.5) is 4.39 Å². The minimum absolute atomic E-state index is 0.0815. The van der Waals surface area contributed by atoms with Crippen LogP contribution in [0.25, 0.3) is 0 Å². The highest BCUT2D eigenvalue weighted by Crippen LogP contribution is 2.14. The summed E-state index contributed by atoms with van der Waals surface area (Å²) in [7, 11) is 4.13. The Kier molecular flexibility index (Phi) is 5.42. The second-order valence-corrected chi connectivity index (χ2v) is 5.51. The normalized spacial score (nSPS) is 12.6. The molecule has 1 atom stereocenters. The van der Waals surface area contributed by atoms with Crippen LogP contribution < -0.4 is 5.32 Å². The van der Waals surface area contributed by atoms with Crippen molar-refractivity contribution in [3.8, 4) is 0 Å². The van der Waals surface area contributed by atoms with E-state index in [1.807, 2.05) is 6.92 Å². The van der Waals surface area contributed by atoms with E-state index in [9.17, 15) is 4.39 Å². The van der Waals surface area contributed by atoms with Gasteiger partial charge in [-0.2, -0.15) is 0 Å². The fourth-order valence-corrected chi connectivity index (χ4v) is 2.24. The number of hydrogen-bond donors (Lipinski definition) is 1. The van der Waals surface area contributed by atoms with E-state index >= 15 is 0 Å². The summed E-state index contributed by atoms with van der Waals surface area (Å²) in [6, 6.07) is 11.6. The number of halogens is 1. The Labute approximate surface area is 125 Å². The molecule has 1 aromatic carbocycles. The number of pyridine rings is 1. The molecule has 3 nitrogen and oxygen atoms in total. The molecule has 2 aromatic rings.